The van der Waals surface area contributed by atoms with Crippen LogP contribution in [0, 0.1) is 0 Å². The number of carbonyl (C=O) groups excluding carboxylic acids is 2. The maximum Gasteiger partial charge on any atom is 0.409 e. The van der Waals surface area contributed by atoms with Crippen LogP contribution in [0.3, 0.4) is 0 Å². The summed E-state index contributed by atoms with van der Waals surface area (Å²) in [6.45, 7) is 0. The Bertz CT molecular complexity index is 889. The Hall–Kier alpha value is -2.68. The number of halogens is 3. The number of alkyl halides is 3. The quantitative estimate of drug-likeness (QED) is 0.772. The van der Waals surface area contributed by atoms with Crippen LogP contribution < -0.4 is 15.0 Å². The maximum atomic E-state index is 13.7. The molecule has 1 atom stereocenters. The fourth-order valence-electron chi connectivity index (χ4n) is 2.90. The molecule has 28 heavy (non-hydrogen) atoms. The van der Waals surface area contributed by atoms with Crippen molar-refractivity contribution in [3.8, 4) is 5.75 Å². The lowest BCUT2D eigenvalue weighted by atomic mass is 10.1. The molecule has 0 fully saturated rings. The maximum absolute atomic E-state index is 13.7. The van der Waals surface area contributed by atoms with Crippen molar-refractivity contribution in [2.45, 2.75) is 23.5 Å². The van der Waals surface area contributed by atoms with Gasteiger partial charge in [0.1, 0.15) is 11.8 Å². The number of hydrogen-bond donors (Lipinski definition) is 1. The van der Waals surface area contributed by atoms with Gasteiger partial charge in [-0.25, -0.2) is 0 Å². The van der Waals surface area contributed by atoms with Crippen molar-refractivity contribution in [3.63, 3.8) is 0 Å². The highest BCUT2D eigenvalue weighted by atomic mass is 32.2. The van der Waals surface area contributed by atoms with Crippen LogP contribution in [0.25, 0.3) is 0 Å². The summed E-state index contributed by atoms with van der Waals surface area (Å²) >= 11 is 1.10. The van der Waals surface area contributed by atoms with Crippen molar-refractivity contribution >= 4 is 35.0 Å². The highest BCUT2D eigenvalue weighted by Gasteiger charge is 2.48. The van der Waals surface area contributed by atoms with Crippen molar-refractivity contribution < 1.29 is 27.5 Å². The molecular formula is C19H17F3N2O3S. The molecule has 0 aromatic heterocycles. The van der Waals surface area contributed by atoms with Gasteiger partial charge in [0.25, 0.3) is 0 Å². The number of anilines is 2. The lowest BCUT2D eigenvalue weighted by Gasteiger charge is -2.31. The van der Waals surface area contributed by atoms with Gasteiger partial charge in [-0.2, -0.15) is 13.2 Å². The first kappa shape index (κ1) is 20.1. The number of rotatable bonds is 4. The van der Waals surface area contributed by atoms with Crippen molar-refractivity contribution in [1.82, 2.24) is 0 Å². The number of ether oxygens (including phenoxy) is 1. The number of amides is 2. The minimum atomic E-state index is -4.74. The van der Waals surface area contributed by atoms with Gasteiger partial charge in [-0.05, 0) is 30.3 Å². The number of benzene rings is 2. The number of fused-ring (bicyclic) bond motifs is 1. The Balaban J connectivity index is 1.90. The molecule has 0 aliphatic carbocycles. The van der Waals surface area contributed by atoms with Gasteiger partial charge in [-0.15, -0.1) is 11.8 Å². The molecule has 0 radical (unpaired) electrons. The second kappa shape index (κ2) is 8.14. The summed E-state index contributed by atoms with van der Waals surface area (Å²) in [7, 11) is 1.50. The molecular weight excluding hydrogens is 393 g/mol. The van der Waals surface area contributed by atoms with Crippen molar-refractivity contribution in [3.05, 3.63) is 48.5 Å². The second-order valence-corrected chi connectivity index (χ2v) is 7.11. The van der Waals surface area contributed by atoms with Gasteiger partial charge >= 0.3 is 6.18 Å². The zero-order chi connectivity index (χ0) is 20.3. The molecule has 2 aromatic carbocycles. The number of hydrogen-bond acceptors (Lipinski definition) is 4. The topological polar surface area (TPSA) is 58.6 Å². The standard InChI is InChI=1S/C19H17F3N2O3S/c1-27-12-5-4-6-13(9-12)28-11-18(26)24-15-8-3-2-7-14(15)23-17(25)10-16(24)19(20,21)22/h2-9,16H,10-11H2,1H3,(H,23,25)/t16-/m0/s1. The molecule has 148 valence electrons. The van der Waals surface area contributed by atoms with Crippen LogP contribution in [-0.2, 0) is 9.59 Å². The van der Waals surface area contributed by atoms with Gasteiger partial charge in [0.2, 0.25) is 11.8 Å². The van der Waals surface area contributed by atoms with E-state index in [9.17, 15) is 22.8 Å². The average molecular weight is 410 g/mol. The third kappa shape index (κ3) is 4.41. The van der Waals surface area contributed by atoms with Crippen LogP contribution in [-0.4, -0.2) is 36.9 Å². The van der Waals surface area contributed by atoms with Crippen LogP contribution in [0.4, 0.5) is 24.5 Å². The predicted molar refractivity (Wildman–Crippen MR) is 101 cm³/mol. The molecule has 1 aliphatic rings. The van der Waals surface area contributed by atoms with Gasteiger partial charge in [-0.3, -0.25) is 14.5 Å². The smallest absolute Gasteiger partial charge is 0.409 e. The Morgan fingerprint density at radius 1 is 1.25 bits per heavy atom. The normalized spacial score (nSPS) is 16.8. The predicted octanol–water partition coefficient (Wildman–Crippen LogP) is 4.09. The fraction of sp³-hybridized carbons (Fsp3) is 0.263. The molecule has 9 heteroatoms. The minimum Gasteiger partial charge on any atom is -0.497 e. The van der Waals surface area contributed by atoms with E-state index in [1.54, 1.807) is 30.3 Å². The van der Waals surface area contributed by atoms with Crippen molar-refractivity contribution in [2.24, 2.45) is 0 Å². The van der Waals surface area contributed by atoms with Gasteiger partial charge < -0.3 is 10.1 Å². The van der Waals surface area contributed by atoms with Gasteiger partial charge in [0.15, 0.2) is 0 Å². The van der Waals surface area contributed by atoms with Crippen LogP contribution in [0.2, 0.25) is 0 Å². The molecule has 1 N–H and O–H groups in total. The van der Waals surface area contributed by atoms with E-state index in [-0.39, 0.29) is 17.1 Å². The summed E-state index contributed by atoms with van der Waals surface area (Å²) in [6.07, 6.45) is -5.60. The SMILES string of the molecule is COc1cccc(SCC(=O)N2c3ccccc3NC(=O)C[C@H]2C(F)(F)F)c1. The van der Waals surface area contributed by atoms with E-state index >= 15 is 0 Å². The molecule has 0 saturated carbocycles. The average Bonchev–Trinajstić information content (AvgIpc) is 2.82. The Labute approximate surface area is 163 Å². The third-order valence-electron chi connectivity index (χ3n) is 4.18. The molecule has 0 unspecified atom stereocenters. The van der Waals surface area contributed by atoms with E-state index < -0.39 is 30.5 Å². The lowest BCUT2D eigenvalue weighted by Crippen LogP contribution is -2.50. The Kier molecular flexibility index (Phi) is 5.83. The highest BCUT2D eigenvalue weighted by Crippen LogP contribution is 2.38. The van der Waals surface area contributed by atoms with E-state index in [1.807, 2.05) is 0 Å². The molecule has 5 nitrogen and oxygen atoms in total. The minimum absolute atomic E-state index is 0.0342. The third-order valence-corrected chi connectivity index (χ3v) is 5.16. The molecule has 0 spiro atoms. The molecule has 1 aliphatic heterocycles. The van der Waals surface area contributed by atoms with Gasteiger partial charge in [0, 0.05) is 4.90 Å². The first-order valence-corrected chi connectivity index (χ1v) is 9.32. The summed E-state index contributed by atoms with van der Waals surface area (Å²) in [5.41, 5.74) is 0.214. The molecule has 2 amide bonds. The summed E-state index contributed by atoms with van der Waals surface area (Å²) in [5, 5.41) is 2.44. The van der Waals surface area contributed by atoms with Crippen LogP contribution in [0.5, 0.6) is 5.75 Å². The molecule has 1 heterocycles. The van der Waals surface area contributed by atoms with Crippen LogP contribution >= 0.6 is 11.8 Å². The van der Waals surface area contributed by atoms with Gasteiger partial charge in [-0.1, -0.05) is 18.2 Å². The first-order valence-electron chi connectivity index (χ1n) is 8.34. The van der Waals surface area contributed by atoms with E-state index in [2.05, 4.69) is 5.32 Å². The zero-order valence-electron chi connectivity index (χ0n) is 14.8. The number of nitrogens with zero attached hydrogens (tertiary/aromatic N) is 1. The number of carbonyl (C=O) groups is 2. The number of para-hydroxylation sites is 2. The lowest BCUT2D eigenvalue weighted by molar-refractivity contribution is -0.157. The van der Waals surface area contributed by atoms with E-state index in [0.717, 1.165) is 11.8 Å². The summed E-state index contributed by atoms with van der Waals surface area (Å²) < 4.78 is 46.1. The summed E-state index contributed by atoms with van der Waals surface area (Å²) in [5.74, 6) is -1.16. The second-order valence-electron chi connectivity index (χ2n) is 6.06. The van der Waals surface area contributed by atoms with Crippen LogP contribution in [0.1, 0.15) is 6.42 Å². The Morgan fingerprint density at radius 2 is 2.00 bits per heavy atom. The molecule has 0 saturated heterocycles. The summed E-state index contributed by atoms with van der Waals surface area (Å²) in [4.78, 5) is 26.2. The van der Waals surface area contributed by atoms with Crippen molar-refractivity contribution in [2.75, 3.05) is 23.1 Å². The summed E-state index contributed by atoms with van der Waals surface area (Å²) in [6, 6.07) is 10.6. The molecule has 0 bridgehead atoms. The van der Waals surface area contributed by atoms with E-state index in [4.69, 9.17) is 4.74 Å². The molecule has 2 aromatic rings. The molecule has 3 rings (SSSR count). The van der Waals surface area contributed by atoms with E-state index in [0.29, 0.717) is 15.5 Å². The number of methoxy groups -OCH3 is 1. The fourth-order valence-corrected chi connectivity index (χ4v) is 3.70. The number of nitrogens with one attached hydrogen (secondary N) is 1. The largest absolute Gasteiger partial charge is 0.497 e. The Morgan fingerprint density at radius 3 is 2.71 bits per heavy atom. The highest BCUT2D eigenvalue weighted by molar-refractivity contribution is 8.00. The first-order chi connectivity index (χ1) is 13.3. The van der Waals surface area contributed by atoms with Gasteiger partial charge in [0.05, 0.1) is 30.7 Å². The van der Waals surface area contributed by atoms with Crippen molar-refractivity contribution in [1.29, 1.82) is 0 Å². The van der Waals surface area contributed by atoms with E-state index in [1.165, 1.54) is 25.3 Å². The zero-order valence-corrected chi connectivity index (χ0v) is 15.6. The number of thioether (sulfide) groups is 1. The monoisotopic (exact) mass is 410 g/mol. The van der Waals surface area contributed by atoms with Crippen LogP contribution in [0.15, 0.2) is 53.4 Å².